The van der Waals surface area contributed by atoms with Crippen molar-refractivity contribution < 1.29 is 4.79 Å². The minimum absolute atomic E-state index is 0.0112. The highest BCUT2D eigenvalue weighted by Gasteiger charge is 2.02. The van der Waals surface area contributed by atoms with Crippen molar-refractivity contribution in [1.29, 1.82) is 0 Å². The number of halogens is 1. The highest BCUT2D eigenvalue weighted by atomic mass is 35.5. The number of carbonyl (C=O) groups excluding carboxylic acids is 1. The number of hydrogen-bond acceptors (Lipinski definition) is 3. The first kappa shape index (κ1) is 19.6. The molecule has 23 heavy (non-hydrogen) atoms. The van der Waals surface area contributed by atoms with E-state index in [0.29, 0.717) is 24.4 Å². The Morgan fingerprint density at radius 2 is 2.00 bits per heavy atom. The molecule has 3 N–H and O–H groups in total. The van der Waals surface area contributed by atoms with Crippen LogP contribution in [0, 0.1) is 0 Å². The molecule has 0 saturated heterocycles. The van der Waals surface area contributed by atoms with E-state index in [4.69, 9.17) is 11.6 Å². The van der Waals surface area contributed by atoms with Gasteiger partial charge in [0.05, 0.1) is 0 Å². The molecule has 1 aromatic carbocycles. The van der Waals surface area contributed by atoms with Gasteiger partial charge in [0.15, 0.2) is 5.96 Å². The summed E-state index contributed by atoms with van der Waals surface area (Å²) in [6.45, 7) is 4.35. The van der Waals surface area contributed by atoms with Crippen LogP contribution in [0.2, 0.25) is 5.02 Å². The number of amides is 1. The van der Waals surface area contributed by atoms with Gasteiger partial charge in [-0.15, -0.1) is 0 Å². The Balaban J connectivity index is 2.28. The maximum absolute atomic E-state index is 11.9. The average Bonchev–Trinajstić information content (AvgIpc) is 2.54. The summed E-state index contributed by atoms with van der Waals surface area (Å²) in [4.78, 5) is 16.3. The Kier molecular flexibility index (Phi) is 10.3. The highest BCUT2D eigenvalue weighted by Crippen LogP contribution is 2.13. The molecular formula is C16H25ClN4OS. The summed E-state index contributed by atoms with van der Waals surface area (Å²) in [7, 11) is 0. The lowest BCUT2D eigenvalue weighted by molar-refractivity contribution is -0.116. The van der Waals surface area contributed by atoms with E-state index in [2.05, 4.69) is 27.2 Å². The lowest BCUT2D eigenvalue weighted by Gasteiger charge is -2.10. The minimum atomic E-state index is -0.0112. The molecule has 0 radical (unpaired) electrons. The molecule has 0 aliphatic carbocycles. The number of aliphatic imine (C=N–C) groups is 1. The Hall–Kier alpha value is -1.40. The van der Waals surface area contributed by atoms with Crippen molar-refractivity contribution in [1.82, 2.24) is 10.6 Å². The molecule has 0 atom stereocenters. The van der Waals surface area contributed by atoms with E-state index >= 15 is 0 Å². The fraction of sp³-hybridized carbons (Fsp3) is 0.500. The van der Waals surface area contributed by atoms with Gasteiger partial charge in [-0.25, -0.2) is 0 Å². The topological polar surface area (TPSA) is 65.5 Å². The van der Waals surface area contributed by atoms with Crippen LogP contribution in [0.4, 0.5) is 5.69 Å². The van der Waals surface area contributed by atoms with Crippen molar-refractivity contribution in [2.24, 2.45) is 4.99 Å². The Morgan fingerprint density at radius 1 is 1.26 bits per heavy atom. The van der Waals surface area contributed by atoms with E-state index in [9.17, 15) is 4.79 Å². The lowest BCUT2D eigenvalue weighted by atomic mass is 10.2. The summed E-state index contributed by atoms with van der Waals surface area (Å²) >= 11 is 7.60. The van der Waals surface area contributed by atoms with Crippen LogP contribution in [-0.2, 0) is 4.79 Å². The van der Waals surface area contributed by atoms with E-state index in [1.165, 1.54) is 0 Å². The number of nitrogens with one attached hydrogen (secondary N) is 3. The predicted octanol–water partition coefficient (Wildman–Crippen LogP) is 2.98. The van der Waals surface area contributed by atoms with E-state index in [1.54, 1.807) is 36.0 Å². The number of carbonyl (C=O) groups is 1. The van der Waals surface area contributed by atoms with Gasteiger partial charge in [0.1, 0.15) is 0 Å². The van der Waals surface area contributed by atoms with Gasteiger partial charge in [0.25, 0.3) is 0 Å². The van der Waals surface area contributed by atoms with Crippen LogP contribution in [0.15, 0.2) is 29.3 Å². The first-order chi connectivity index (χ1) is 11.2. The maximum atomic E-state index is 11.9. The van der Waals surface area contributed by atoms with Crippen LogP contribution >= 0.6 is 23.4 Å². The first-order valence-electron chi connectivity index (χ1n) is 7.72. The number of benzene rings is 1. The minimum Gasteiger partial charge on any atom is -0.357 e. The zero-order valence-electron chi connectivity index (χ0n) is 13.7. The molecule has 1 amide bonds. The second-order valence-corrected chi connectivity index (χ2v) is 6.26. The largest absolute Gasteiger partial charge is 0.357 e. The zero-order chi connectivity index (χ0) is 16.9. The summed E-state index contributed by atoms with van der Waals surface area (Å²) < 4.78 is 0. The van der Waals surface area contributed by atoms with Crippen molar-refractivity contribution in [3.63, 3.8) is 0 Å². The number of rotatable bonds is 9. The molecule has 0 fully saturated rings. The first-order valence-corrected chi connectivity index (χ1v) is 9.49. The molecule has 0 heterocycles. The van der Waals surface area contributed by atoms with E-state index < -0.39 is 0 Å². The summed E-state index contributed by atoms with van der Waals surface area (Å²) in [5.41, 5.74) is 0.759. The Morgan fingerprint density at radius 3 is 2.65 bits per heavy atom. The second kappa shape index (κ2) is 12.1. The fourth-order valence-corrected chi connectivity index (χ4v) is 2.23. The van der Waals surface area contributed by atoms with Crippen LogP contribution < -0.4 is 16.0 Å². The second-order valence-electron chi connectivity index (χ2n) is 4.84. The van der Waals surface area contributed by atoms with Gasteiger partial charge in [-0.2, -0.15) is 11.8 Å². The molecule has 0 aliphatic rings. The SMILES string of the molecule is CCNC(=NCCCC(=O)Nc1ccc(Cl)cc1)NCCSC. The van der Waals surface area contributed by atoms with Crippen molar-refractivity contribution in [2.45, 2.75) is 19.8 Å². The van der Waals surface area contributed by atoms with Crippen molar-refractivity contribution >= 4 is 40.9 Å². The summed E-state index contributed by atoms with van der Waals surface area (Å²) in [6, 6.07) is 7.09. The third-order valence-electron chi connectivity index (χ3n) is 2.90. The van der Waals surface area contributed by atoms with Crippen LogP contribution in [0.3, 0.4) is 0 Å². The monoisotopic (exact) mass is 356 g/mol. The summed E-state index contributed by atoms with van der Waals surface area (Å²) in [5, 5.41) is 9.95. The quantitative estimate of drug-likeness (QED) is 0.361. The van der Waals surface area contributed by atoms with E-state index in [-0.39, 0.29) is 5.91 Å². The highest BCUT2D eigenvalue weighted by molar-refractivity contribution is 7.98. The van der Waals surface area contributed by atoms with Crippen LogP contribution in [0.1, 0.15) is 19.8 Å². The molecule has 0 unspecified atom stereocenters. The number of guanidine groups is 1. The lowest BCUT2D eigenvalue weighted by Crippen LogP contribution is -2.38. The zero-order valence-corrected chi connectivity index (χ0v) is 15.3. The van der Waals surface area contributed by atoms with Crippen LogP contribution in [-0.4, -0.2) is 43.5 Å². The van der Waals surface area contributed by atoms with Crippen molar-refractivity contribution in [3.05, 3.63) is 29.3 Å². The third kappa shape index (κ3) is 9.36. The number of hydrogen-bond donors (Lipinski definition) is 3. The van der Waals surface area contributed by atoms with Crippen LogP contribution in [0.25, 0.3) is 0 Å². The maximum Gasteiger partial charge on any atom is 0.224 e. The van der Waals surface area contributed by atoms with Gasteiger partial charge >= 0.3 is 0 Å². The Bertz CT molecular complexity index is 493. The van der Waals surface area contributed by atoms with Crippen LogP contribution in [0.5, 0.6) is 0 Å². The summed E-state index contributed by atoms with van der Waals surface area (Å²) in [5.74, 6) is 1.83. The molecule has 128 valence electrons. The molecular weight excluding hydrogens is 332 g/mol. The van der Waals surface area contributed by atoms with Crippen molar-refractivity contribution in [2.75, 3.05) is 37.0 Å². The molecule has 0 saturated carbocycles. The van der Waals surface area contributed by atoms with Gasteiger partial charge in [0.2, 0.25) is 5.91 Å². The number of anilines is 1. The third-order valence-corrected chi connectivity index (χ3v) is 3.77. The molecule has 5 nitrogen and oxygen atoms in total. The molecule has 1 rings (SSSR count). The standard InChI is InChI=1S/C16H25ClN4OS/c1-3-18-16(20-11-12-23-2)19-10-4-5-15(22)21-14-8-6-13(17)7-9-14/h6-9H,3-5,10-12H2,1-2H3,(H,21,22)(H2,18,19,20). The fourth-order valence-electron chi connectivity index (χ4n) is 1.80. The molecule has 1 aromatic rings. The van der Waals surface area contributed by atoms with Gasteiger partial charge in [-0.05, 0) is 43.9 Å². The number of thioether (sulfide) groups is 1. The predicted molar refractivity (Wildman–Crippen MR) is 102 cm³/mol. The van der Waals surface area contributed by atoms with Crippen molar-refractivity contribution in [3.8, 4) is 0 Å². The molecule has 0 spiro atoms. The molecule has 0 aliphatic heterocycles. The Labute approximate surface area is 147 Å². The van der Waals surface area contributed by atoms with Gasteiger partial charge < -0.3 is 16.0 Å². The normalized spacial score (nSPS) is 11.2. The molecule has 7 heteroatoms. The summed E-state index contributed by atoms with van der Waals surface area (Å²) in [6.07, 6.45) is 3.22. The van der Waals surface area contributed by atoms with Gasteiger partial charge in [-0.3, -0.25) is 9.79 Å². The average molecular weight is 357 g/mol. The van der Waals surface area contributed by atoms with E-state index in [1.807, 2.05) is 6.92 Å². The number of nitrogens with zero attached hydrogens (tertiary/aromatic N) is 1. The molecule has 0 aromatic heterocycles. The smallest absolute Gasteiger partial charge is 0.224 e. The van der Waals surface area contributed by atoms with E-state index in [0.717, 1.165) is 30.5 Å². The molecule has 0 bridgehead atoms. The van der Waals surface area contributed by atoms with Gasteiger partial charge in [0, 0.05) is 42.5 Å². The van der Waals surface area contributed by atoms with Gasteiger partial charge in [-0.1, -0.05) is 11.6 Å².